The number of methoxy groups -OCH3 is 1. The molecule has 32 heavy (non-hydrogen) atoms. The van der Waals surface area contributed by atoms with E-state index in [1.807, 2.05) is 12.1 Å². The normalized spacial score (nSPS) is 22.9. The van der Waals surface area contributed by atoms with Crippen molar-refractivity contribution in [3.8, 4) is 17.1 Å². The highest BCUT2D eigenvalue weighted by Crippen LogP contribution is 2.40. The number of nitrogens with zero attached hydrogens (tertiary/aromatic N) is 5. The van der Waals surface area contributed by atoms with Gasteiger partial charge in [-0.15, -0.1) is 0 Å². The minimum Gasteiger partial charge on any atom is -0.488 e. The number of piperazine rings is 1. The van der Waals surface area contributed by atoms with Gasteiger partial charge in [-0.25, -0.2) is 9.97 Å². The van der Waals surface area contributed by atoms with Gasteiger partial charge in [0.1, 0.15) is 29.2 Å². The van der Waals surface area contributed by atoms with Crippen LogP contribution in [0.15, 0.2) is 30.6 Å². The van der Waals surface area contributed by atoms with Crippen LogP contribution in [0.2, 0.25) is 0 Å². The summed E-state index contributed by atoms with van der Waals surface area (Å²) in [5.74, 6) is 1.82. The molecule has 0 amide bonds. The highest BCUT2D eigenvalue weighted by molar-refractivity contribution is 5.93. The van der Waals surface area contributed by atoms with Crippen molar-refractivity contribution in [2.75, 3.05) is 38.3 Å². The van der Waals surface area contributed by atoms with Gasteiger partial charge in [0.05, 0.1) is 17.8 Å². The maximum atomic E-state index is 6.17. The first-order valence-corrected chi connectivity index (χ1v) is 11.4. The zero-order valence-electron chi connectivity index (χ0n) is 19.3. The Hall–Kier alpha value is -2.71. The van der Waals surface area contributed by atoms with E-state index in [9.17, 15) is 0 Å². The molecule has 8 heteroatoms. The number of hydrogen-bond acceptors (Lipinski definition) is 7. The van der Waals surface area contributed by atoms with E-state index in [0.717, 1.165) is 72.9 Å². The Labute approximate surface area is 188 Å². The third kappa shape index (κ3) is 4.17. The Balaban J connectivity index is 1.40. The molecule has 3 heterocycles. The van der Waals surface area contributed by atoms with Gasteiger partial charge in [0.2, 0.25) is 0 Å². The van der Waals surface area contributed by atoms with E-state index in [4.69, 9.17) is 9.47 Å². The van der Waals surface area contributed by atoms with Gasteiger partial charge in [0.25, 0.3) is 0 Å². The number of hydrogen-bond donors (Lipinski definition) is 1. The highest BCUT2D eigenvalue weighted by Gasteiger charge is 2.40. The molecule has 2 aliphatic rings. The van der Waals surface area contributed by atoms with Crippen molar-refractivity contribution in [3.63, 3.8) is 0 Å². The molecule has 1 saturated heterocycles. The first kappa shape index (κ1) is 21.2. The van der Waals surface area contributed by atoms with Crippen LogP contribution in [-0.4, -0.2) is 76.1 Å². The first-order chi connectivity index (χ1) is 15.5. The van der Waals surface area contributed by atoms with Crippen molar-refractivity contribution in [1.29, 1.82) is 0 Å². The lowest BCUT2D eigenvalue weighted by Gasteiger charge is -2.44. The average molecular weight is 437 g/mol. The smallest absolute Gasteiger partial charge is 0.132 e. The molecule has 0 radical (unpaired) electrons. The van der Waals surface area contributed by atoms with E-state index < -0.39 is 0 Å². The van der Waals surface area contributed by atoms with Gasteiger partial charge in [-0.05, 0) is 51.8 Å². The van der Waals surface area contributed by atoms with Crippen LogP contribution in [0.25, 0.3) is 22.3 Å². The SMILES string of the molecule is COCCN1[C@H](C)CN(c2cc(-c3n[nH]c4ccc(OC5(C)CC5)cc34)ncn2)C[C@@H]1C. The van der Waals surface area contributed by atoms with Crippen molar-refractivity contribution in [2.24, 2.45) is 0 Å². The topological polar surface area (TPSA) is 79.4 Å². The van der Waals surface area contributed by atoms with Gasteiger partial charge in [-0.1, -0.05) is 0 Å². The van der Waals surface area contributed by atoms with E-state index in [-0.39, 0.29) is 5.60 Å². The lowest BCUT2D eigenvalue weighted by Crippen LogP contribution is -2.57. The van der Waals surface area contributed by atoms with Crippen molar-refractivity contribution < 1.29 is 9.47 Å². The summed E-state index contributed by atoms with van der Waals surface area (Å²) < 4.78 is 11.5. The monoisotopic (exact) mass is 436 g/mol. The van der Waals surface area contributed by atoms with Gasteiger partial charge >= 0.3 is 0 Å². The Bertz CT molecular complexity index is 1080. The molecule has 0 unspecified atom stereocenters. The summed E-state index contributed by atoms with van der Waals surface area (Å²) >= 11 is 0. The van der Waals surface area contributed by atoms with Crippen molar-refractivity contribution in [3.05, 3.63) is 30.6 Å². The van der Waals surface area contributed by atoms with E-state index in [1.54, 1.807) is 13.4 Å². The number of aromatic amines is 1. The van der Waals surface area contributed by atoms with Gasteiger partial charge in [-0.3, -0.25) is 10.00 Å². The van der Waals surface area contributed by atoms with Crippen LogP contribution in [0.3, 0.4) is 0 Å². The molecule has 1 aromatic carbocycles. The third-order valence-corrected chi connectivity index (χ3v) is 6.73. The number of anilines is 1. The Morgan fingerprint density at radius 1 is 1.12 bits per heavy atom. The van der Waals surface area contributed by atoms with Crippen molar-refractivity contribution in [1.82, 2.24) is 25.1 Å². The molecule has 0 spiro atoms. The number of nitrogens with one attached hydrogen (secondary N) is 1. The quantitative estimate of drug-likeness (QED) is 0.607. The maximum Gasteiger partial charge on any atom is 0.132 e. The summed E-state index contributed by atoms with van der Waals surface area (Å²) in [6.07, 6.45) is 3.85. The van der Waals surface area contributed by atoms with Gasteiger partial charge in [0.15, 0.2) is 0 Å². The zero-order valence-corrected chi connectivity index (χ0v) is 19.3. The summed E-state index contributed by atoms with van der Waals surface area (Å²) in [6.45, 7) is 10.2. The van der Waals surface area contributed by atoms with Crippen LogP contribution in [0.5, 0.6) is 5.75 Å². The van der Waals surface area contributed by atoms with Crippen LogP contribution in [0, 0.1) is 0 Å². The largest absolute Gasteiger partial charge is 0.488 e. The van der Waals surface area contributed by atoms with Gasteiger partial charge in [0, 0.05) is 50.3 Å². The van der Waals surface area contributed by atoms with Crippen LogP contribution in [0.1, 0.15) is 33.6 Å². The fourth-order valence-corrected chi connectivity index (χ4v) is 4.65. The van der Waals surface area contributed by atoms with Crippen molar-refractivity contribution in [2.45, 2.75) is 51.3 Å². The second kappa shape index (κ2) is 8.33. The fraction of sp³-hybridized carbons (Fsp3) is 0.542. The molecule has 1 N–H and O–H groups in total. The lowest BCUT2D eigenvalue weighted by atomic mass is 10.1. The van der Waals surface area contributed by atoms with Crippen molar-refractivity contribution >= 4 is 16.7 Å². The number of fused-ring (bicyclic) bond motifs is 1. The molecule has 0 bridgehead atoms. The predicted molar refractivity (Wildman–Crippen MR) is 125 cm³/mol. The van der Waals surface area contributed by atoms with E-state index in [1.165, 1.54) is 0 Å². The van der Waals surface area contributed by atoms with E-state index >= 15 is 0 Å². The summed E-state index contributed by atoms with van der Waals surface area (Å²) in [5, 5.41) is 8.72. The lowest BCUT2D eigenvalue weighted by molar-refractivity contribution is 0.0844. The minimum absolute atomic E-state index is 0.0154. The number of benzene rings is 1. The molecular formula is C24H32N6O2. The Morgan fingerprint density at radius 3 is 2.62 bits per heavy atom. The van der Waals surface area contributed by atoms with E-state index in [0.29, 0.717) is 12.1 Å². The van der Waals surface area contributed by atoms with Gasteiger partial charge in [-0.2, -0.15) is 5.10 Å². The van der Waals surface area contributed by atoms with E-state index in [2.05, 4.69) is 62.9 Å². The maximum absolute atomic E-state index is 6.17. The molecule has 8 nitrogen and oxygen atoms in total. The molecule has 2 aromatic heterocycles. The van der Waals surface area contributed by atoms with Crippen LogP contribution < -0.4 is 9.64 Å². The molecule has 1 saturated carbocycles. The standard InChI is InChI=1S/C24H32N6O2/c1-16-13-29(14-17(2)30(16)9-10-31-4)22-12-21(25-15-26-22)23-19-11-18(32-24(3)7-8-24)5-6-20(19)27-28-23/h5-6,11-12,15-17H,7-10,13-14H2,1-4H3,(H,27,28)/t16-,17+. The second-order valence-corrected chi connectivity index (χ2v) is 9.43. The molecular weight excluding hydrogens is 404 g/mol. The number of aromatic nitrogens is 4. The molecule has 1 aliphatic carbocycles. The summed E-state index contributed by atoms with van der Waals surface area (Å²) in [7, 11) is 1.76. The number of ether oxygens (including phenoxy) is 2. The molecule has 5 rings (SSSR count). The molecule has 1 aliphatic heterocycles. The molecule has 2 fully saturated rings. The van der Waals surface area contributed by atoms with Crippen LogP contribution in [0.4, 0.5) is 5.82 Å². The second-order valence-electron chi connectivity index (χ2n) is 9.43. The minimum atomic E-state index is -0.0154. The summed E-state index contributed by atoms with van der Waals surface area (Å²) in [4.78, 5) is 14.0. The zero-order chi connectivity index (χ0) is 22.3. The van der Waals surface area contributed by atoms with Gasteiger partial charge < -0.3 is 14.4 Å². The Kier molecular flexibility index (Phi) is 5.51. The highest BCUT2D eigenvalue weighted by atomic mass is 16.5. The fourth-order valence-electron chi connectivity index (χ4n) is 4.65. The first-order valence-electron chi connectivity index (χ1n) is 11.4. The average Bonchev–Trinajstić information content (AvgIpc) is 3.35. The Morgan fingerprint density at radius 2 is 1.91 bits per heavy atom. The molecule has 3 aromatic rings. The molecule has 2 atom stereocenters. The predicted octanol–water partition coefficient (Wildman–Crippen LogP) is 3.50. The molecule has 170 valence electrons. The number of rotatable bonds is 7. The summed E-state index contributed by atoms with van der Waals surface area (Å²) in [6, 6.07) is 8.99. The third-order valence-electron chi connectivity index (χ3n) is 6.73. The summed E-state index contributed by atoms with van der Waals surface area (Å²) in [5.41, 5.74) is 2.61. The van der Waals surface area contributed by atoms with Crippen LogP contribution >= 0.6 is 0 Å². The number of H-pyrrole nitrogens is 1. The van der Waals surface area contributed by atoms with Crippen LogP contribution in [-0.2, 0) is 4.74 Å².